The minimum atomic E-state index is -0.573. The van der Waals surface area contributed by atoms with Gasteiger partial charge in [0, 0.05) is 0 Å². The summed E-state index contributed by atoms with van der Waals surface area (Å²) >= 11 is 0. The normalized spacial score (nSPS) is 12.2. The molecule has 1 atom stereocenters. The van der Waals surface area contributed by atoms with E-state index >= 15 is 0 Å². The van der Waals surface area contributed by atoms with Gasteiger partial charge in [-0.15, -0.1) is 0 Å². The minimum Gasteiger partial charge on any atom is -0.322 e. The predicted molar refractivity (Wildman–Crippen MR) is 67.3 cm³/mol. The Kier molecular flexibility index (Phi) is 5.10. The molecular weight excluding hydrogens is 219 g/mol. The highest BCUT2D eigenvalue weighted by atomic mass is 19.1. The van der Waals surface area contributed by atoms with Crippen molar-refractivity contribution < 1.29 is 9.18 Å². The zero-order valence-electron chi connectivity index (χ0n) is 10.3. The predicted octanol–water partition coefficient (Wildman–Crippen LogP) is 2.59. The van der Waals surface area contributed by atoms with Crippen LogP contribution < -0.4 is 11.1 Å². The average molecular weight is 238 g/mol. The number of hydrogen-bond acceptors (Lipinski definition) is 2. The standard InChI is InChI=1S/C13H19FN2O/c1-3-4-5-11(15)13(17)16-12-7-6-9(2)8-10(12)14/h6-8,11H,3-5,15H2,1-2H3,(H,16,17). The third kappa shape index (κ3) is 4.15. The Labute approximate surface area is 101 Å². The zero-order chi connectivity index (χ0) is 12.8. The van der Waals surface area contributed by atoms with E-state index in [1.165, 1.54) is 6.07 Å². The van der Waals surface area contributed by atoms with E-state index in [0.717, 1.165) is 18.4 Å². The zero-order valence-corrected chi connectivity index (χ0v) is 10.3. The molecule has 3 N–H and O–H groups in total. The van der Waals surface area contributed by atoms with E-state index in [2.05, 4.69) is 5.32 Å². The molecule has 4 heteroatoms. The third-order valence-corrected chi connectivity index (χ3v) is 2.59. The molecule has 17 heavy (non-hydrogen) atoms. The van der Waals surface area contributed by atoms with Crippen molar-refractivity contribution in [2.45, 2.75) is 39.2 Å². The molecule has 0 aliphatic rings. The fraction of sp³-hybridized carbons (Fsp3) is 0.462. The van der Waals surface area contributed by atoms with Gasteiger partial charge in [0.05, 0.1) is 11.7 Å². The SMILES string of the molecule is CCCCC(N)C(=O)Nc1ccc(C)cc1F. The summed E-state index contributed by atoms with van der Waals surface area (Å²) in [5.41, 5.74) is 6.70. The molecule has 0 bridgehead atoms. The minimum absolute atomic E-state index is 0.188. The molecule has 0 aliphatic heterocycles. The molecule has 0 heterocycles. The van der Waals surface area contributed by atoms with Crippen LogP contribution in [0.25, 0.3) is 0 Å². The van der Waals surface area contributed by atoms with Crippen molar-refractivity contribution in [2.75, 3.05) is 5.32 Å². The van der Waals surface area contributed by atoms with Gasteiger partial charge in [-0.2, -0.15) is 0 Å². The summed E-state index contributed by atoms with van der Waals surface area (Å²) in [6.45, 7) is 3.83. The van der Waals surface area contributed by atoms with Gasteiger partial charge in [-0.25, -0.2) is 4.39 Å². The monoisotopic (exact) mass is 238 g/mol. The van der Waals surface area contributed by atoms with Gasteiger partial charge < -0.3 is 11.1 Å². The largest absolute Gasteiger partial charge is 0.322 e. The first-order valence-electron chi connectivity index (χ1n) is 5.87. The molecule has 0 saturated heterocycles. The van der Waals surface area contributed by atoms with E-state index in [9.17, 15) is 9.18 Å². The smallest absolute Gasteiger partial charge is 0.241 e. The lowest BCUT2D eigenvalue weighted by Gasteiger charge is -2.12. The van der Waals surface area contributed by atoms with Gasteiger partial charge in [0.1, 0.15) is 5.82 Å². The van der Waals surface area contributed by atoms with Crippen molar-refractivity contribution in [2.24, 2.45) is 5.73 Å². The second-order valence-electron chi connectivity index (χ2n) is 4.22. The Bertz CT molecular complexity index is 393. The van der Waals surface area contributed by atoms with E-state index in [4.69, 9.17) is 5.73 Å². The number of carbonyl (C=O) groups is 1. The number of nitrogens with one attached hydrogen (secondary N) is 1. The maximum atomic E-state index is 13.5. The van der Waals surface area contributed by atoms with Gasteiger partial charge in [0.2, 0.25) is 5.91 Å². The Morgan fingerprint density at radius 2 is 2.24 bits per heavy atom. The summed E-state index contributed by atoms with van der Waals surface area (Å²) in [4.78, 5) is 11.7. The van der Waals surface area contributed by atoms with Crippen LogP contribution in [0.3, 0.4) is 0 Å². The van der Waals surface area contributed by atoms with Crippen LogP contribution in [0.5, 0.6) is 0 Å². The number of nitrogens with two attached hydrogens (primary N) is 1. The Morgan fingerprint density at radius 1 is 1.53 bits per heavy atom. The van der Waals surface area contributed by atoms with Gasteiger partial charge in [0.25, 0.3) is 0 Å². The summed E-state index contributed by atoms with van der Waals surface area (Å²) in [6.07, 6.45) is 2.50. The Hall–Kier alpha value is -1.42. The van der Waals surface area contributed by atoms with Crippen molar-refractivity contribution in [3.05, 3.63) is 29.6 Å². The van der Waals surface area contributed by atoms with Crippen LogP contribution >= 0.6 is 0 Å². The molecule has 94 valence electrons. The van der Waals surface area contributed by atoms with Crippen molar-refractivity contribution in [3.8, 4) is 0 Å². The fourth-order valence-electron chi connectivity index (χ4n) is 1.50. The first kappa shape index (κ1) is 13.6. The second-order valence-corrected chi connectivity index (χ2v) is 4.22. The van der Waals surface area contributed by atoms with Gasteiger partial charge in [-0.05, 0) is 31.0 Å². The Morgan fingerprint density at radius 3 is 2.82 bits per heavy atom. The highest BCUT2D eigenvalue weighted by molar-refractivity contribution is 5.94. The van der Waals surface area contributed by atoms with E-state index < -0.39 is 11.9 Å². The molecule has 0 aliphatic carbocycles. The number of benzene rings is 1. The Balaban J connectivity index is 2.61. The number of hydrogen-bond donors (Lipinski definition) is 2. The number of anilines is 1. The number of halogens is 1. The van der Waals surface area contributed by atoms with Gasteiger partial charge in [0.15, 0.2) is 0 Å². The highest BCUT2D eigenvalue weighted by Gasteiger charge is 2.14. The summed E-state index contributed by atoms with van der Waals surface area (Å²) in [5, 5.41) is 2.51. The van der Waals surface area contributed by atoms with E-state index in [-0.39, 0.29) is 11.6 Å². The van der Waals surface area contributed by atoms with Gasteiger partial charge in [-0.1, -0.05) is 25.8 Å². The first-order chi connectivity index (χ1) is 8.04. The van der Waals surface area contributed by atoms with Crippen molar-refractivity contribution >= 4 is 11.6 Å². The maximum absolute atomic E-state index is 13.5. The molecule has 1 aromatic rings. The molecule has 1 aromatic carbocycles. The van der Waals surface area contributed by atoms with E-state index in [1.807, 2.05) is 6.92 Å². The second kappa shape index (κ2) is 6.35. The van der Waals surface area contributed by atoms with Crippen LogP contribution in [-0.2, 0) is 4.79 Å². The molecule has 0 spiro atoms. The lowest BCUT2D eigenvalue weighted by molar-refractivity contribution is -0.117. The van der Waals surface area contributed by atoms with Crippen molar-refractivity contribution in [1.82, 2.24) is 0 Å². The molecule has 0 radical (unpaired) electrons. The van der Waals surface area contributed by atoms with Crippen LogP contribution in [0.15, 0.2) is 18.2 Å². The maximum Gasteiger partial charge on any atom is 0.241 e. The van der Waals surface area contributed by atoms with Crippen LogP contribution in [0.4, 0.5) is 10.1 Å². The average Bonchev–Trinajstić information content (AvgIpc) is 2.29. The highest BCUT2D eigenvalue weighted by Crippen LogP contribution is 2.15. The van der Waals surface area contributed by atoms with Crippen LogP contribution in [0.1, 0.15) is 31.7 Å². The molecular formula is C13H19FN2O. The fourth-order valence-corrected chi connectivity index (χ4v) is 1.50. The van der Waals surface area contributed by atoms with Gasteiger partial charge >= 0.3 is 0 Å². The van der Waals surface area contributed by atoms with Crippen molar-refractivity contribution in [3.63, 3.8) is 0 Å². The number of aryl methyl sites for hydroxylation is 1. The molecule has 1 rings (SSSR count). The number of unbranched alkanes of at least 4 members (excludes halogenated alkanes) is 1. The quantitative estimate of drug-likeness (QED) is 0.828. The number of amides is 1. The lowest BCUT2D eigenvalue weighted by atomic mass is 10.1. The number of rotatable bonds is 5. The van der Waals surface area contributed by atoms with E-state index in [0.29, 0.717) is 6.42 Å². The molecule has 0 aromatic heterocycles. The first-order valence-corrected chi connectivity index (χ1v) is 5.87. The summed E-state index contributed by atoms with van der Waals surface area (Å²) < 4.78 is 13.5. The lowest BCUT2D eigenvalue weighted by Crippen LogP contribution is -2.35. The number of carbonyl (C=O) groups excluding carboxylic acids is 1. The van der Waals surface area contributed by atoms with Crippen LogP contribution in [0.2, 0.25) is 0 Å². The van der Waals surface area contributed by atoms with Gasteiger partial charge in [-0.3, -0.25) is 4.79 Å². The van der Waals surface area contributed by atoms with Crippen LogP contribution in [0, 0.1) is 12.7 Å². The van der Waals surface area contributed by atoms with Crippen molar-refractivity contribution in [1.29, 1.82) is 0 Å². The third-order valence-electron chi connectivity index (χ3n) is 2.59. The molecule has 1 amide bonds. The molecule has 3 nitrogen and oxygen atoms in total. The van der Waals surface area contributed by atoms with Crippen LogP contribution in [-0.4, -0.2) is 11.9 Å². The summed E-state index contributed by atoms with van der Waals surface area (Å²) in [6, 6.07) is 4.11. The van der Waals surface area contributed by atoms with E-state index in [1.54, 1.807) is 19.1 Å². The molecule has 1 unspecified atom stereocenters. The topological polar surface area (TPSA) is 55.1 Å². The molecule has 0 fully saturated rings. The summed E-state index contributed by atoms with van der Waals surface area (Å²) in [7, 11) is 0. The summed E-state index contributed by atoms with van der Waals surface area (Å²) in [5.74, 6) is -0.762. The molecule has 0 saturated carbocycles.